The Labute approximate surface area is 155 Å². The van der Waals surface area contributed by atoms with Gasteiger partial charge in [-0.3, -0.25) is 14.5 Å². The standard InChI is InChI=1S/C19H22BrN3O2/c20-16-6-7-19(25)23(13-16)11-9-18(24)21-17-8-10-22(14-17)12-15-4-2-1-3-5-15/h1-7,13,17H,8-12,14H2,(H,21,24)/t17-/m0/s1. The second kappa shape index (κ2) is 8.45. The molecule has 1 aromatic heterocycles. The third kappa shape index (κ3) is 5.28. The van der Waals surface area contributed by atoms with E-state index in [1.165, 1.54) is 11.6 Å². The zero-order chi connectivity index (χ0) is 17.6. The van der Waals surface area contributed by atoms with E-state index in [9.17, 15) is 9.59 Å². The van der Waals surface area contributed by atoms with Crippen LogP contribution in [0.25, 0.3) is 0 Å². The molecule has 132 valence electrons. The van der Waals surface area contributed by atoms with Crippen LogP contribution in [-0.4, -0.2) is 34.5 Å². The van der Waals surface area contributed by atoms with Crippen molar-refractivity contribution in [3.63, 3.8) is 0 Å². The highest BCUT2D eigenvalue weighted by Crippen LogP contribution is 2.13. The maximum atomic E-state index is 12.2. The van der Waals surface area contributed by atoms with Gasteiger partial charge in [0.1, 0.15) is 0 Å². The topological polar surface area (TPSA) is 54.3 Å². The number of likely N-dealkylation sites (tertiary alicyclic amines) is 1. The highest BCUT2D eigenvalue weighted by molar-refractivity contribution is 9.10. The number of nitrogens with zero attached hydrogens (tertiary/aromatic N) is 2. The Hall–Kier alpha value is -1.92. The minimum Gasteiger partial charge on any atom is -0.352 e. The summed E-state index contributed by atoms with van der Waals surface area (Å²) in [6, 6.07) is 13.8. The van der Waals surface area contributed by atoms with Crippen LogP contribution >= 0.6 is 15.9 Å². The number of amides is 1. The molecule has 0 bridgehead atoms. The zero-order valence-corrected chi connectivity index (χ0v) is 15.6. The average molecular weight is 404 g/mol. The number of aryl methyl sites for hydroxylation is 1. The molecule has 5 nitrogen and oxygen atoms in total. The van der Waals surface area contributed by atoms with Crippen molar-refractivity contribution in [1.29, 1.82) is 0 Å². The molecule has 25 heavy (non-hydrogen) atoms. The Bertz CT molecular complexity index is 776. The van der Waals surface area contributed by atoms with E-state index >= 15 is 0 Å². The Morgan fingerprint density at radius 2 is 2.00 bits per heavy atom. The molecule has 0 radical (unpaired) electrons. The highest BCUT2D eigenvalue weighted by Gasteiger charge is 2.23. The molecule has 2 aromatic rings. The second-order valence-corrected chi connectivity index (χ2v) is 7.32. The van der Waals surface area contributed by atoms with Gasteiger partial charge >= 0.3 is 0 Å². The van der Waals surface area contributed by atoms with Crippen LogP contribution in [0.4, 0.5) is 0 Å². The molecule has 1 aliphatic rings. The molecule has 1 aliphatic heterocycles. The van der Waals surface area contributed by atoms with Crippen LogP contribution in [0.2, 0.25) is 0 Å². The first kappa shape index (κ1) is 17.9. The quantitative estimate of drug-likeness (QED) is 0.805. The summed E-state index contributed by atoms with van der Waals surface area (Å²) >= 11 is 3.34. The fourth-order valence-corrected chi connectivity index (χ4v) is 3.51. The minimum absolute atomic E-state index is 0.00145. The predicted molar refractivity (Wildman–Crippen MR) is 101 cm³/mol. The molecule has 6 heteroatoms. The summed E-state index contributed by atoms with van der Waals surface area (Å²) in [7, 11) is 0. The van der Waals surface area contributed by atoms with E-state index < -0.39 is 0 Å². The zero-order valence-electron chi connectivity index (χ0n) is 14.0. The van der Waals surface area contributed by atoms with Crippen LogP contribution in [0.5, 0.6) is 0 Å². The monoisotopic (exact) mass is 403 g/mol. The molecule has 1 atom stereocenters. The molecular weight excluding hydrogens is 382 g/mol. The summed E-state index contributed by atoms with van der Waals surface area (Å²) in [5.41, 5.74) is 1.20. The number of pyridine rings is 1. The molecule has 1 aromatic carbocycles. The maximum Gasteiger partial charge on any atom is 0.250 e. The summed E-state index contributed by atoms with van der Waals surface area (Å²) in [5, 5.41) is 3.09. The summed E-state index contributed by atoms with van der Waals surface area (Å²) in [6.07, 6.45) is 2.99. The number of rotatable bonds is 6. The fourth-order valence-electron chi connectivity index (χ4n) is 3.13. The summed E-state index contributed by atoms with van der Waals surface area (Å²) in [6.45, 7) is 3.17. The Morgan fingerprint density at radius 3 is 2.80 bits per heavy atom. The van der Waals surface area contributed by atoms with Crippen molar-refractivity contribution >= 4 is 21.8 Å². The van der Waals surface area contributed by atoms with E-state index in [-0.39, 0.29) is 17.5 Å². The smallest absolute Gasteiger partial charge is 0.250 e. The van der Waals surface area contributed by atoms with Crippen LogP contribution in [0.15, 0.2) is 57.9 Å². The number of benzene rings is 1. The maximum absolute atomic E-state index is 12.2. The highest BCUT2D eigenvalue weighted by atomic mass is 79.9. The Morgan fingerprint density at radius 1 is 1.20 bits per heavy atom. The third-order valence-corrected chi connectivity index (χ3v) is 4.88. The molecule has 0 saturated carbocycles. The van der Waals surface area contributed by atoms with Gasteiger partial charge in [-0.2, -0.15) is 0 Å². The number of halogens is 1. The van der Waals surface area contributed by atoms with Crippen molar-refractivity contribution < 1.29 is 4.79 Å². The first-order valence-electron chi connectivity index (χ1n) is 8.52. The largest absolute Gasteiger partial charge is 0.352 e. The first-order valence-corrected chi connectivity index (χ1v) is 9.31. The van der Waals surface area contributed by atoms with Gasteiger partial charge in [-0.1, -0.05) is 30.3 Å². The number of carbonyl (C=O) groups is 1. The fraction of sp³-hybridized carbons (Fsp3) is 0.368. The van der Waals surface area contributed by atoms with E-state index in [0.29, 0.717) is 13.0 Å². The molecule has 1 fully saturated rings. The SMILES string of the molecule is O=C(CCn1cc(Br)ccc1=O)N[C@H]1CCN(Cc2ccccc2)C1. The van der Waals surface area contributed by atoms with Crippen molar-refractivity contribution in [3.05, 3.63) is 69.1 Å². The number of hydrogen-bond acceptors (Lipinski definition) is 3. The first-order chi connectivity index (χ1) is 12.1. The summed E-state index contributed by atoms with van der Waals surface area (Å²) in [5.74, 6) is -0.00145. The van der Waals surface area contributed by atoms with Gasteiger partial charge in [-0.15, -0.1) is 0 Å². The summed E-state index contributed by atoms with van der Waals surface area (Å²) < 4.78 is 2.39. The van der Waals surface area contributed by atoms with Gasteiger partial charge in [0.25, 0.3) is 5.56 Å². The van der Waals surface area contributed by atoms with Gasteiger partial charge in [0, 0.05) is 55.4 Å². The van der Waals surface area contributed by atoms with Crippen molar-refractivity contribution in [3.8, 4) is 0 Å². The minimum atomic E-state index is -0.0918. The lowest BCUT2D eigenvalue weighted by Gasteiger charge is -2.17. The summed E-state index contributed by atoms with van der Waals surface area (Å²) in [4.78, 5) is 26.3. The lowest BCUT2D eigenvalue weighted by molar-refractivity contribution is -0.121. The predicted octanol–water partition coefficient (Wildman–Crippen LogP) is 2.39. The van der Waals surface area contributed by atoms with Gasteiger partial charge in [0.05, 0.1) is 0 Å². The Balaban J connectivity index is 1.44. The molecule has 3 rings (SSSR count). The molecule has 1 N–H and O–H groups in total. The number of nitrogens with one attached hydrogen (secondary N) is 1. The van der Waals surface area contributed by atoms with E-state index in [0.717, 1.165) is 30.5 Å². The molecule has 0 aliphatic carbocycles. The molecule has 1 saturated heterocycles. The van der Waals surface area contributed by atoms with Crippen molar-refractivity contribution in [2.24, 2.45) is 0 Å². The second-order valence-electron chi connectivity index (χ2n) is 6.40. The van der Waals surface area contributed by atoms with Crippen LogP contribution in [0.1, 0.15) is 18.4 Å². The van der Waals surface area contributed by atoms with E-state index in [4.69, 9.17) is 0 Å². The van der Waals surface area contributed by atoms with Gasteiger partial charge < -0.3 is 9.88 Å². The molecular formula is C19H22BrN3O2. The van der Waals surface area contributed by atoms with Crippen LogP contribution in [-0.2, 0) is 17.9 Å². The van der Waals surface area contributed by atoms with Gasteiger partial charge in [0.2, 0.25) is 5.91 Å². The average Bonchev–Trinajstić information content (AvgIpc) is 3.03. The van der Waals surface area contributed by atoms with Crippen molar-refractivity contribution in [2.75, 3.05) is 13.1 Å². The number of carbonyl (C=O) groups excluding carboxylic acids is 1. The lowest BCUT2D eigenvalue weighted by atomic mass is 10.2. The van der Waals surface area contributed by atoms with Gasteiger partial charge in [0.15, 0.2) is 0 Å². The van der Waals surface area contributed by atoms with Crippen LogP contribution in [0.3, 0.4) is 0 Å². The molecule has 0 unspecified atom stereocenters. The van der Waals surface area contributed by atoms with Crippen LogP contribution < -0.4 is 10.9 Å². The van der Waals surface area contributed by atoms with Gasteiger partial charge in [-0.05, 0) is 34.0 Å². The number of hydrogen-bond donors (Lipinski definition) is 1. The molecule has 0 spiro atoms. The normalized spacial score (nSPS) is 17.6. The number of aromatic nitrogens is 1. The Kier molecular flexibility index (Phi) is 6.04. The van der Waals surface area contributed by atoms with Gasteiger partial charge in [-0.25, -0.2) is 0 Å². The van der Waals surface area contributed by atoms with Crippen LogP contribution in [0, 0.1) is 0 Å². The van der Waals surface area contributed by atoms with E-state index in [1.54, 1.807) is 16.8 Å². The molecule has 2 heterocycles. The van der Waals surface area contributed by atoms with E-state index in [2.05, 4.69) is 50.4 Å². The lowest BCUT2D eigenvalue weighted by Crippen LogP contribution is -2.37. The third-order valence-electron chi connectivity index (χ3n) is 4.41. The molecule has 1 amide bonds. The van der Waals surface area contributed by atoms with E-state index in [1.807, 2.05) is 6.07 Å². The van der Waals surface area contributed by atoms with Crippen molar-refractivity contribution in [1.82, 2.24) is 14.8 Å². The van der Waals surface area contributed by atoms with Crippen molar-refractivity contribution in [2.45, 2.75) is 32.0 Å².